The SMILES string of the molecule is O=C(Nc1sc2c(c1C(=O)O)CCC2)c1ccnnc1. The van der Waals surface area contributed by atoms with Crippen LogP contribution in [0.1, 0.15) is 37.6 Å². The molecule has 0 unspecified atom stereocenters. The Morgan fingerprint density at radius 2 is 2.15 bits per heavy atom. The highest BCUT2D eigenvalue weighted by Crippen LogP contribution is 2.39. The minimum atomic E-state index is -0.993. The Morgan fingerprint density at radius 3 is 2.85 bits per heavy atom. The van der Waals surface area contributed by atoms with Crippen LogP contribution >= 0.6 is 11.3 Å². The monoisotopic (exact) mass is 289 g/mol. The number of nitrogens with zero attached hydrogens (tertiary/aromatic N) is 2. The van der Waals surface area contributed by atoms with E-state index in [0.29, 0.717) is 10.6 Å². The molecular weight excluding hydrogens is 278 g/mol. The zero-order valence-corrected chi connectivity index (χ0v) is 11.2. The summed E-state index contributed by atoms with van der Waals surface area (Å²) in [6, 6.07) is 1.53. The maximum Gasteiger partial charge on any atom is 0.339 e. The molecule has 7 heteroatoms. The molecule has 1 aliphatic rings. The maximum absolute atomic E-state index is 12.1. The standard InChI is InChI=1S/C13H11N3O3S/c17-11(7-4-5-14-15-6-7)16-12-10(13(18)19)8-2-1-3-9(8)20-12/h4-6H,1-3H2,(H,16,17)(H,18,19). The fourth-order valence-electron chi connectivity index (χ4n) is 2.32. The highest BCUT2D eigenvalue weighted by Gasteiger charge is 2.27. The molecule has 1 amide bonds. The lowest BCUT2D eigenvalue weighted by molar-refractivity contribution is 0.0697. The van der Waals surface area contributed by atoms with Gasteiger partial charge in [0.15, 0.2) is 0 Å². The van der Waals surface area contributed by atoms with Crippen LogP contribution in [0.3, 0.4) is 0 Å². The molecule has 0 spiro atoms. The second-order valence-corrected chi connectivity index (χ2v) is 5.56. The number of carbonyl (C=O) groups is 2. The van der Waals surface area contributed by atoms with Gasteiger partial charge in [-0.05, 0) is 30.9 Å². The van der Waals surface area contributed by atoms with E-state index in [2.05, 4.69) is 15.5 Å². The van der Waals surface area contributed by atoms with Crippen molar-refractivity contribution in [2.45, 2.75) is 19.3 Å². The van der Waals surface area contributed by atoms with Crippen molar-refractivity contribution in [3.05, 3.63) is 40.0 Å². The van der Waals surface area contributed by atoms with Crippen molar-refractivity contribution in [3.8, 4) is 0 Å². The van der Waals surface area contributed by atoms with E-state index in [0.717, 1.165) is 29.7 Å². The van der Waals surface area contributed by atoms with Crippen LogP contribution in [-0.4, -0.2) is 27.2 Å². The Balaban J connectivity index is 1.92. The third-order valence-electron chi connectivity index (χ3n) is 3.21. The molecule has 0 atom stereocenters. The smallest absolute Gasteiger partial charge is 0.339 e. The molecule has 0 bridgehead atoms. The average Bonchev–Trinajstić information content (AvgIpc) is 2.99. The first-order valence-electron chi connectivity index (χ1n) is 6.12. The van der Waals surface area contributed by atoms with Gasteiger partial charge in [0, 0.05) is 4.88 Å². The van der Waals surface area contributed by atoms with Crippen LogP contribution < -0.4 is 5.32 Å². The summed E-state index contributed by atoms with van der Waals surface area (Å²) in [5, 5.41) is 19.6. The Kier molecular flexibility index (Phi) is 3.19. The number of aromatic carboxylic acids is 1. The molecule has 2 aromatic heterocycles. The van der Waals surface area contributed by atoms with Crippen molar-refractivity contribution in [1.82, 2.24) is 10.2 Å². The van der Waals surface area contributed by atoms with Gasteiger partial charge in [-0.2, -0.15) is 10.2 Å². The quantitative estimate of drug-likeness (QED) is 0.901. The molecule has 20 heavy (non-hydrogen) atoms. The van der Waals surface area contributed by atoms with Crippen LogP contribution in [0.15, 0.2) is 18.5 Å². The first-order chi connectivity index (χ1) is 9.66. The van der Waals surface area contributed by atoms with Gasteiger partial charge < -0.3 is 10.4 Å². The fraction of sp³-hybridized carbons (Fsp3) is 0.231. The number of amides is 1. The predicted octanol–water partition coefficient (Wildman–Crippen LogP) is 1.98. The van der Waals surface area contributed by atoms with Crippen molar-refractivity contribution in [3.63, 3.8) is 0 Å². The third kappa shape index (κ3) is 2.16. The number of aromatic nitrogens is 2. The number of carboxylic acids is 1. The second-order valence-electron chi connectivity index (χ2n) is 4.45. The second kappa shape index (κ2) is 5.01. The van der Waals surface area contributed by atoms with Gasteiger partial charge in [-0.25, -0.2) is 4.79 Å². The molecule has 0 radical (unpaired) electrons. The molecule has 3 rings (SSSR count). The van der Waals surface area contributed by atoms with Crippen molar-refractivity contribution in [1.29, 1.82) is 0 Å². The molecule has 2 aromatic rings. The van der Waals surface area contributed by atoms with Crippen LogP contribution in [0.2, 0.25) is 0 Å². The fourth-order valence-corrected chi connectivity index (χ4v) is 3.60. The summed E-state index contributed by atoms with van der Waals surface area (Å²) in [6.07, 6.45) is 5.38. The first kappa shape index (κ1) is 12.7. The lowest BCUT2D eigenvalue weighted by atomic mass is 10.1. The molecule has 102 valence electrons. The Bertz CT molecular complexity index is 682. The van der Waals surface area contributed by atoms with Gasteiger partial charge >= 0.3 is 5.97 Å². The van der Waals surface area contributed by atoms with Gasteiger partial charge in [-0.3, -0.25) is 4.79 Å². The van der Waals surface area contributed by atoms with E-state index in [9.17, 15) is 14.7 Å². The summed E-state index contributed by atoms with van der Waals surface area (Å²) in [5.74, 6) is -1.37. The van der Waals surface area contributed by atoms with Crippen molar-refractivity contribution < 1.29 is 14.7 Å². The molecular formula is C13H11N3O3S. The van der Waals surface area contributed by atoms with Crippen LogP contribution in [0.4, 0.5) is 5.00 Å². The number of carboxylic acid groups (broad SMARTS) is 1. The predicted molar refractivity (Wildman–Crippen MR) is 73.3 cm³/mol. The largest absolute Gasteiger partial charge is 0.478 e. The molecule has 0 saturated carbocycles. The van der Waals surface area contributed by atoms with E-state index in [1.54, 1.807) is 0 Å². The van der Waals surface area contributed by atoms with Gasteiger partial charge in [0.2, 0.25) is 0 Å². The number of rotatable bonds is 3. The number of fused-ring (bicyclic) bond motifs is 1. The summed E-state index contributed by atoms with van der Waals surface area (Å²) in [4.78, 5) is 24.5. The average molecular weight is 289 g/mol. The molecule has 2 heterocycles. The van der Waals surface area contributed by atoms with Crippen LogP contribution in [0.5, 0.6) is 0 Å². The highest BCUT2D eigenvalue weighted by atomic mass is 32.1. The first-order valence-corrected chi connectivity index (χ1v) is 6.94. The Hall–Kier alpha value is -2.28. The van der Waals surface area contributed by atoms with Gasteiger partial charge in [-0.1, -0.05) is 0 Å². The van der Waals surface area contributed by atoms with Crippen molar-refractivity contribution in [2.24, 2.45) is 0 Å². The highest BCUT2D eigenvalue weighted by molar-refractivity contribution is 7.17. The lowest BCUT2D eigenvalue weighted by Crippen LogP contribution is -2.14. The van der Waals surface area contributed by atoms with E-state index < -0.39 is 5.97 Å². The van der Waals surface area contributed by atoms with Gasteiger partial charge in [-0.15, -0.1) is 11.3 Å². The molecule has 2 N–H and O–H groups in total. The molecule has 0 saturated heterocycles. The van der Waals surface area contributed by atoms with E-state index in [1.165, 1.54) is 29.8 Å². The van der Waals surface area contributed by atoms with Crippen molar-refractivity contribution in [2.75, 3.05) is 5.32 Å². The zero-order valence-electron chi connectivity index (χ0n) is 10.4. The topological polar surface area (TPSA) is 92.2 Å². The number of hydrogen-bond donors (Lipinski definition) is 2. The minimum absolute atomic E-state index is 0.234. The number of hydrogen-bond acceptors (Lipinski definition) is 5. The molecule has 0 aromatic carbocycles. The van der Waals surface area contributed by atoms with E-state index in [-0.39, 0.29) is 11.5 Å². The summed E-state index contributed by atoms with van der Waals surface area (Å²) in [7, 11) is 0. The number of nitrogens with one attached hydrogen (secondary N) is 1. The molecule has 0 aliphatic heterocycles. The minimum Gasteiger partial charge on any atom is -0.478 e. The van der Waals surface area contributed by atoms with Gasteiger partial charge in [0.05, 0.1) is 23.5 Å². The summed E-state index contributed by atoms with van der Waals surface area (Å²) >= 11 is 1.35. The molecule has 6 nitrogen and oxygen atoms in total. The lowest BCUT2D eigenvalue weighted by Gasteiger charge is -2.04. The number of aryl methyl sites for hydroxylation is 1. The van der Waals surface area contributed by atoms with Crippen molar-refractivity contribution >= 4 is 28.2 Å². The van der Waals surface area contributed by atoms with Gasteiger partial charge in [0.25, 0.3) is 5.91 Å². The van der Waals surface area contributed by atoms with Crippen LogP contribution in [0.25, 0.3) is 0 Å². The molecule has 0 fully saturated rings. The number of carbonyl (C=O) groups excluding carboxylic acids is 1. The normalized spacial score (nSPS) is 13.0. The maximum atomic E-state index is 12.1. The van der Waals surface area contributed by atoms with E-state index in [1.807, 2.05) is 0 Å². The van der Waals surface area contributed by atoms with E-state index >= 15 is 0 Å². The Labute approximate surface area is 118 Å². The summed E-state index contributed by atoms with van der Waals surface area (Å²) < 4.78 is 0. The number of thiophene rings is 1. The van der Waals surface area contributed by atoms with Crippen LogP contribution in [-0.2, 0) is 12.8 Å². The number of anilines is 1. The summed E-state index contributed by atoms with van der Waals surface area (Å²) in [5.41, 5.74) is 1.45. The zero-order chi connectivity index (χ0) is 14.1. The van der Waals surface area contributed by atoms with Crippen LogP contribution in [0, 0.1) is 0 Å². The Morgan fingerprint density at radius 1 is 1.30 bits per heavy atom. The van der Waals surface area contributed by atoms with E-state index in [4.69, 9.17) is 0 Å². The summed E-state index contributed by atoms with van der Waals surface area (Å²) in [6.45, 7) is 0. The van der Waals surface area contributed by atoms with Gasteiger partial charge in [0.1, 0.15) is 5.00 Å². The third-order valence-corrected chi connectivity index (χ3v) is 4.42. The molecule has 1 aliphatic carbocycles.